The second-order valence-corrected chi connectivity index (χ2v) is 6.59. The highest BCUT2D eigenvalue weighted by Crippen LogP contribution is 2.26. The molecule has 1 amide bonds. The summed E-state index contributed by atoms with van der Waals surface area (Å²) in [6.07, 6.45) is 8.22. The molecule has 0 N–H and O–H groups in total. The van der Waals surface area contributed by atoms with Gasteiger partial charge in [-0.3, -0.25) is 14.8 Å². The molecule has 2 aromatic heterocycles. The molecular weight excluding hydrogens is 318 g/mol. The third kappa shape index (κ3) is 3.87. The van der Waals surface area contributed by atoms with Gasteiger partial charge >= 0.3 is 0 Å². The maximum atomic E-state index is 12.1. The molecule has 1 fully saturated rings. The average Bonchev–Trinajstić information content (AvgIpc) is 2.95. The predicted molar refractivity (Wildman–Crippen MR) is 93.9 cm³/mol. The largest absolute Gasteiger partial charge is 0.375 e. The molecule has 2 aromatic rings. The van der Waals surface area contributed by atoms with Crippen molar-refractivity contribution in [3.8, 4) is 11.4 Å². The van der Waals surface area contributed by atoms with Crippen LogP contribution < -0.4 is 0 Å². The topological polar surface area (TPSA) is 73.1 Å². The van der Waals surface area contributed by atoms with Crippen molar-refractivity contribution in [1.82, 2.24) is 24.4 Å². The van der Waals surface area contributed by atoms with E-state index in [0.717, 1.165) is 55.3 Å². The molecule has 134 valence electrons. The highest BCUT2D eigenvalue weighted by atomic mass is 16.5. The number of carbonyl (C=O) groups excluding carboxylic acids is 1. The van der Waals surface area contributed by atoms with Gasteiger partial charge in [0.15, 0.2) is 0 Å². The zero-order valence-corrected chi connectivity index (χ0v) is 15.1. The molecule has 0 radical (unpaired) electrons. The van der Waals surface area contributed by atoms with Gasteiger partial charge in [0, 0.05) is 39.6 Å². The molecule has 0 spiro atoms. The van der Waals surface area contributed by atoms with Gasteiger partial charge in [0.2, 0.25) is 5.91 Å². The zero-order valence-electron chi connectivity index (χ0n) is 15.1. The molecule has 7 heteroatoms. The van der Waals surface area contributed by atoms with Gasteiger partial charge in [-0.15, -0.1) is 0 Å². The lowest BCUT2D eigenvalue weighted by atomic mass is 9.92. The van der Waals surface area contributed by atoms with Gasteiger partial charge in [0.25, 0.3) is 0 Å². The maximum absolute atomic E-state index is 12.1. The Morgan fingerprint density at radius 2 is 2.12 bits per heavy atom. The maximum Gasteiger partial charge on any atom is 0.248 e. The second kappa shape index (κ2) is 7.74. The number of aromatic nitrogens is 4. The van der Waals surface area contributed by atoms with Crippen molar-refractivity contribution in [2.24, 2.45) is 13.0 Å². The number of piperidine rings is 1. The number of ether oxygens (including phenoxy) is 1. The van der Waals surface area contributed by atoms with Crippen LogP contribution in [0.25, 0.3) is 11.4 Å². The van der Waals surface area contributed by atoms with Crippen molar-refractivity contribution in [2.75, 3.05) is 26.8 Å². The minimum atomic E-state index is 0.0637. The first-order valence-corrected chi connectivity index (χ1v) is 8.65. The standard InChI is InChI=1S/C18H25N5O2/c1-13-21-10-16(22(13)2)18-15(19-6-7-20-18)9-14-5-4-8-23(11-14)17(24)12-25-3/h6-7,10,14H,4-5,8-9,11-12H2,1-3H3/t14-/m1/s1. The molecule has 1 saturated heterocycles. The van der Waals surface area contributed by atoms with Crippen LogP contribution in [0.1, 0.15) is 24.4 Å². The predicted octanol–water partition coefficient (Wildman–Crippen LogP) is 1.61. The van der Waals surface area contributed by atoms with Crippen molar-refractivity contribution >= 4 is 5.91 Å². The lowest BCUT2D eigenvalue weighted by Gasteiger charge is -2.32. The number of hydrogen-bond donors (Lipinski definition) is 0. The number of imidazole rings is 1. The molecule has 1 aliphatic heterocycles. The number of nitrogens with zero attached hydrogens (tertiary/aromatic N) is 5. The number of aryl methyl sites for hydroxylation is 1. The fourth-order valence-corrected chi connectivity index (χ4v) is 3.40. The van der Waals surface area contributed by atoms with E-state index in [9.17, 15) is 4.79 Å². The van der Waals surface area contributed by atoms with E-state index >= 15 is 0 Å². The van der Waals surface area contributed by atoms with Crippen LogP contribution in [-0.4, -0.2) is 57.1 Å². The molecule has 1 atom stereocenters. The zero-order chi connectivity index (χ0) is 17.8. The summed E-state index contributed by atoms with van der Waals surface area (Å²) in [6.45, 7) is 3.69. The van der Waals surface area contributed by atoms with Gasteiger partial charge in [-0.1, -0.05) is 0 Å². The van der Waals surface area contributed by atoms with E-state index < -0.39 is 0 Å². The molecule has 7 nitrogen and oxygen atoms in total. The van der Waals surface area contributed by atoms with E-state index in [4.69, 9.17) is 4.74 Å². The van der Waals surface area contributed by atoms with Crippen LogP contribution in [0.15, 0.2) is 18.6 Å². The number of carbonyl (C=O) groups is 1. The van der Waals surface area contributed by atoms with Gasteiger partial charge < -0.3 is 14.2 Å². The third-order valence-corrected chi connectivity index (χ3v) is 4.86. The number of amides is 1. The molecule has 0 aromatic carbocycles. The highest BCUT2D eigenvalue weighted by Gasteiger charge is 2.25. The van der Waals surface area contributed by atoms with E-state index in [1.165, 1.54) is 0 Å². The van der Waals surface area contributed by atoms with Crippen molar-refractivity contribution in [2.45, 2.75) is 26.2 Å². The van der Waals surface area contributed by atoms with Crippen LogP contribution in [0.3, 0.4) is 0 Å². The first-order chi connectivity index (χ1) is 12.1. The summed E-state index contributed by atoms with van der Waals surface area (Å²) in [5, 5.41) is 0. The Morgan fingerprint density at radius 1 is 1.32 bits per heavy atom. The summed E-state index contributed by atoms with van der Waals surface area (Å²) < 4.78 is 7.01. The molecule has 3 heterocycles. The smallest absolute Gasteiger partial charge is 0.248 e. The SMILES string of the molecule is COCC(=O)N1CCC[C@H](Cc2nccnc2-c2cnc(C)n2C)C1. The summed E-state index contributed by atoms with van der Waals surface area (Å²) in [7, 11) is 3.54. The Kier molecular flexibility index (Phi) is 5.43. The monoisotopic (exact) mass is 343 g/mol. The van der Waals surface area contributed by atoms with Gasteiger partial charge in [-0.2, -0.15) is 0 Å². The molecule has 0 aliphatic carbocycles. The number of hydrogen-bond acceptors (Lipinski definition) is 5. The Hall–Kier alpha value is -2.28. The highest BCUT2D eigenvalue weighted by molar-refractivity contribution is 5.77. The Labute approximate surface area is 148 Å². The minimum absolute atomic E-state index is 0.0637. The molecule has 1 aliphatic rings. The lowest BCUT2D eigenvalue weighted by Crippen LogP contribution is -2.42. The summed E-state index contributed by atoms with van der Waals surface area (Å²) in [5.41, 5.74) is 2.83. The quantitative estimate of drug-likeness (QED) is 0.825. The van der Waals surface area contributed by atoms with Gasteiger partial charge in [0.05, 0.1) is 17.6 Å². The minimum Gasteiger partial charge on any atom is -0.375 e. The van der Waals surface area contributed by atoms with Crippen molar-refractivity contribution in [3.63, 3.8) is 0 Å². The molecule has 0 saturated carbocycles. The first-order valence-electron chi connectivity index (χ1n) is 8.65. The van der Waals surface area contributed by atoms with Crippen LogP contribution in [0.2, 0.25) is 0 Å². The average molecular weight is 343 g/mol. The number of likely N-dealkylation sites (tertiary alicyclic amines) is 1. The first kappa shape index (κ1) is 17.5. The molecule has 0 bridgehead atoms. The van der Waals surface area contributed by atoms with Gasteiger partial charge in [0.1, 0.15) is 18.1 Å². The van der Waals surface area contributed by atoms with E-state index in [0.29, 0.717) is 5.92 Å². The van der Waals surface area contributed by atoms with Crippen LogP contribution in [0, 0.1) is 12.8 Å². The van der Waals surface area contributed by atoms with Crippen molar-refractivity contribution in [1.29, 1.82) is 0 Å². The number of methoxy groups -OCH3 is 1. The lowest BCUT2D eigenvalue weighted by molar-refractivity contribution is -0.136. The summed E-state index contributed by atoms with van der Waals surface area (Å²) in [4.78, 5) is 27.5. The number of rotatable bonds is 5. The van der Waals surface area contributed by atoms with Crippen LogP contribution in [0.5, 0.6) is 0 Å². The molecular formula is C18H25N5O2. The van der Waals surface area contributed by atoms with E-state index in [-0.39, 0.29) is 12.5 Å². The van der Waals surface area contributed by atoms with Gasteiger partial charge in [-0.25, -0.2) is 4.98 Å². The van der Waals surface area contributed by atoms with Crippen LogP contribution in [-0.2, 0) is 23.0 Å². The summed E-state index contributed by atoms with van der Waals surface area (Å²) in [6, 6.07) is 0. The molecule has 3 rings (SSSR count). The van der Waals surface area contributed by atoms with E-state index in [2.05, 4.69) is 15.0 Å². The van der Waals surface area contributed by atoms with Crippen LogP contribution >= 0.6 is 0 Å². The van der Waals surface area contributed by atoms with Crippen molar-refractivity contribution in [3.05, 3.63) is 30.1 Å². The van der Waals surface area contributed by atoms with Crippen LogP contribution in [0.4, 0.5) is 0 Å². The Morgan fingerprint density at radius 3 is 2.84 bits per heavy atom. The van der Waals surface area contributed by atoms with Crippen molar-refractivity contribution < 1.29 is 9.53 Å². The van der Waals surface area contributed by atoms with E-state index in [1.54, 1.807) is 19.5 Å². The van der Waals surface area contributed by atoms with Gasteiger partial charge in [-0.05, 0) is 32.1 Å². The second-order valence-electron chi connectivity index (χ2n) is 6.59. The van der Waals surface area contributed by atoms with E-state index in [1.807, 2.05) is 29.6 Å². The molecule has 0 unspecified atom stereocenters. The Bertz CT molecular complexity index is 743. The fraction of sp³-hybridized carbons (Fsp3) is 0.556. The summed E-state index contributed by atoms with van der Waals surface area (Å²) in [5.74, 6) is 1.40. The summed E-state index contributed by atoms with van der Waals surface area (Å²) >= 11 is 0. The molecule has 25 heavy (non-hydrogen) atoms. The fourth-order valence-electron chi connectivity index (χ4n) is 3.40. The normalized spacial score (nSPS) is 17.7. The Balaban J connectivity index is 1.77. The third-order valence-electron chi connectivity index (χ3n) is 4.86.